The monoisotopic (exact) mass is 440 g/mol. The van der Waals surface area contributed by atoms with Crippen LogP contribution in [0, 0.1) is 0 Å². The van der Waals surface area contributed by atoms with Gasteiger partial charge in [0, 0.05) is 38.1 Å². The molecular formula is C21H24N6O3S. The van der Waals surface area contributed by atoms with E-state index in [0.29, 0.717) is 11.4 Å². The summed E-state index contributed by atoms with van der Waals surface area (Å²) < 4.78 is 10.2. The molecule has 0 saturated carbocycles. The van der Waals surface area contributed by atoms with Crippen molar-refractivity contribution in [2.75, 3.05) is 50.6 Å². The molecule has 1 aliphatic heterocycles. The van der Waals surface area contributed by atoms with E-state index in [-0.39, 0.29) is 11.9 Å². The number of aromatic nitrogens is 3. The minimum atomic E-state index is -0.284. The molecule has 0 radical (unpaired) electrons. The molecule has 0 spiro atoms. The molecule has 2 aromatic heterocycles. The number of piperazine rings is 1. The fraction of sp³-hybridized carbons (Fsp3) is 0.333. The molecule has 1 N–H and O–H groups in total. The molecule has 0 aliphatic carbocycles. The summed E-state index contributed by atoms with van der Waals surface area (Å²) in [6.45, 7) is 4.49. The first-order valence-corrected chi connectivity index (χ1v) is 10.8. The SMILES string of the molecule is COc1cccc(CN2CCN(c3nc(C(=O)Nc4cnc(OC)nc4)cs3)CC2)c1. The molecular weight excluding hydrogens is 416 g/mol. The fourth-order valence-corrected chi connectivity index (χ4v) is 4.18. The first-order chi connectivity index (χ1) is 15.1. The van der Waals surface area contributed by atoms with Crippen LogP contribution in [0.4, 0.5) is 10.8 Å². The maximum atomic E-state index is 12.5. The third-order valence-corrected chi connectivity index (χ3v) is 5.88. The molecule has 0 atom stereocenters. The normalized spacial score (nSPS) is 14.3. The molecule has 4 rings (SSSR count). The van der Waals surface area contributed by atoms with Gasteiger partial charge in [0.25, 0.3) is 5.91 Å². The molecule has 0 bridgehead atoms. The Kier molecular flexibility index (Phi) is 6.58. The van der Waals surface area contributed by atoms with Gasteiger partial charge in [-0.1, -0.05) is 12.1 Å². The quantitative estimate of drug-likeness (QED) is 0.599. The Morgan fingerprint density at radius 3 is 2.61 bits per heavy atom. The Balaban J connectivity index is 1.30. The molecule has 10 heteroatoms. The van der Waals surface area contributed by atoms with Gasteiger partial charge in [0.2, 0.25) is 0 Å². The molecule has 1 fully saturated rings. The maximum Gasteiger partial charge on any atom is 0.316 e. The predicted octanol–water partition coefficient (Wildman–Crippen LogP) is 2.52. The van der Waals surface area contributed by atoms with Gasteiger partial charge in [0.05, 0.1) is 32.3 Å². The minimum absolute atomic E-state index is 0.250. The molecule has 9 nitrogen and oxygen atoms in total. The molecule has 3 heterocycles. The van der Waals surface area contributed by atoms with Gasteiger partial charge in [0.1, 0.15) is 11.4 Å². The topological polar surface area (TPSA) is 92.7 Å². The van der Waals surface area contributed by atoms with Crippen LogP contribution in [0.3, 0.4) is 0 Å². The molecule has 0 unspecified atom stereocenters. The second kappa shape index (κ2) is 9.71. The summed E-state index contributed by atoms with van der Waals surface area (Å²) in [4.78, 5) is 29.6. The van der Waals surface area contributed by atoms with Crippen molar-refractivity contribution in [2.45, 2.75) is 6.54 Å². The number of hydrogen-bond donors (Lipinski definition) is 1. The lowest BCUT2D eigenvalue weighted by Crippen LogP contribution is -2.46. The molecule has 162 valence electrons. The zero-order valence-electron chi connectivity index (χ0n) is 17.4. The summed E-state index contributed by atoms with van der Waals surface area (Å²) in [5.41, 5.74) is 2.12. The van der Waals surface area contributed by atoms with Crippen LogP contribution in [0.15, 0.2) is 42.0 Å². The number of thiazole rings is 1. The third kappa shape index (κ3) is 5.28. The first kappa shape index (κ1) is 21.0. The average molecular weight is 441 g/mol. The number of rotatable bonds is 7. The standard InChI is InChI=1S/C21H24N6O3S/c1-29-17-5-3-4-15(10-17)13-26-6-8-27(9-7-26)21-25-18(14-31-21)19(28)24-16-11-22-20(30-2)23-12-16/h3-5,10-12,14H,6-9,13H2,1-2H3,(H,24,28). The van der Waals surface area contributed by atoms with Gasteiger partial charge in [-0.25, -0.2) is 15.0 Å². The number of carbonyl (C=O) groups excluding carboxylic acids is 1. The first-order valence-electron chi connectivity index (χ1n) is 9.88. The summed E-state index contributed by atoms with van der Waals surface area (Å²) in [5.74, 6) is 0.596. The number of benzene rings is 1. The van der Waals surface area contributed by atoms with Crippen molar-refractivity contribution in [3.05, 3.63) is 53.3 Å². The summed E-state index contributed by atoms with van der Waals surface area (Å²) in [6, 6.07) is 8.42. The van der Waals surface area contributed by atoms with Crippen LogP contribution >= 0.6 is 11.3 Å². The van der Waals surface area contributed by atoms with E-state index in [1.807, 2.05) is 12.1 Å². The summed E-state index contributed by atoms with van der Waals surface area (Å²) in [6.07, 6.45) is 3.00. The molecule has 1 aromatic carbocycles. The summed E-state index contributed by atoms with van der Waals surface area (Å²) in [5, 5.41) is 5.39. The van der Waals surface area contributed by atoms with Gasteiger partial charge in [-0.05, 0) is 17.7 Å². The van der Waals surface area contributed by atoms with Gasteiger partial charge >= 0.3 is 6.01 Å². The van der Waals surface area contributed by atoms with Crippen LogP contribution in [0.2, 0.25) is 0 Å². The van der Waals surface area contributed by atoms with Gasteiger partial charge < -0.3 is 19.7 Å². The van der Waals surface area contributed by atoms with Gasteiger partial charge in [-0.2, -0.15) is 0 Å². The van der Waals surface area contributed by atoms with E-state index in [2.05, 4.69) is 42.2 Å². The van der Waals surface area contributed by atoms with E-state index in [4.69, 9.17) is 9.47 Å². The van der Waals surface area contributed by atoms with E-state index >= 15 is 0 Å². The van der Waals surface area contributed by atoms with Crippen LogP contribution in [0.5, 0.6) is 11.8 Å². The maximum absolute atomic E-state index is 12.5. The molecule has 1 amide bonds. The third-order valence-electron chi connectivity index (χ3n) is 4.98. The van der Waals surface area contributed by atoms with Crippen molar-refractivity contribution >= 4 is 28.1 Å². The highest BCUT2D eigenvalue weighted by atomic mass is 32.1. The van der Waals surface area contributed by atoms with E-state index < -0.39 is 0 Å². The van der Waals surface area contributed by atoms with Crippen molar-refractivity contribution in [2.24, 2.45) is 0 Å². The molecule has 1 saturated heterocycles. The lowest BCUT2D eigenvalue weighted by molar-refractivity contribution is 0.102. The number of amides is 1. The predicted molar refractivity (Wildman–Crippen MR) is 119 cm³/mol. The number of ether oxygens (including phenoxy) is 2. The Morgan fingerprint density at radius 2 is 1.90 bits per heavy atom. The number of nitrogens with one attached hydrogen (secondary N) is 1. The van der Waals surface area contributed by atoms with E-state index in [1.165, 1.54) is 36.4 Å². The van der Waals surface area contributed by atoms with Crippen molar-refractivity contribution in [1.82, 2.24) is 19.9 Å². The Labute approximate surface area is 184 Å². The fourth-order valence-electron chi connectivity index (χ4n) is 3.32. The van der Waals surface area contributed by atoms with Gasteiger partial charge in [-0.15, -0.1) is 11.3 Å². The highest BCUT2D eigenvalue weighted by Crippen LogP contribution is 2.23. The Hall–Kier alpha value is -3.24. The average Bonchev–Trinajstić information content (AvgIpc) is 3.31. The van der Waals surface area contributed by atoms with Crippen LogP contribution < -0.4 is 19.7 Å². The second-order valence-electron chi connectivity index (χ2n) is 7.04. The molecule has 31 heavy (non-hydrogen) atoms. The smallest absolute Gasteiger partial charge is 0.316 e. The van der Waals surface area contributed by atoms with Crippen molar-refractivity contribution < 1.29 is 14.3 Å². The number of anilines is 2. The summed E-state index contributed by atoms with van der Waals surface area (Å²) >= 11 is 1.48. The largest absolute Gasteiger partial charge is 0.497 e. The van der Waals surface area contributed by atoms with Crippen LogP contribution in [0.25, 0.3) is 0 Å². The van der Waals surface area contributed by atoms with Gasteiger partial charge in [0.15, 0.2) is 5.13 Å². The zero-order valence-corrected chi connectivity index (χ0v) is 18.3. The number of nitrogens with zero attached hydrogens (tertiary/aromatic N) is 5. The lowest BCUT2D eigenvalue weighted by atomic mass is 10.2. The van der Waals surface area contributed by atoms with E-state index in [1.54, 1.807) is 12.5 Å². The zero-order chi connectivity index (χ0) is 21.6. The highest BCUT2D eigenvalue weighted by molar-refractivity contribution is 7.14. The number of hydrogen-bond acceptors (Lipinski definition) is 9. The Morgan fingerprint density at radius 1 is 1.13 bits per heavy atom. The molecule has 1 aliphatic rings. The summed E-state index contributed by atoms with van der Waals surface area (Å²) in [7, 11) is 3.17. The highest BCUT2D eigenvalue weighted by Gasteiger charge is 2.21. The minimum Gasteiger partial charge on any atom is -0.497 e. The van der Waals surface area contributed by atoms with Crippen LogP contribution in [-0.2, 0) is 6.54 Å². The van der Waals surface area contributed by atoms with E-state index in [9.17, 15) is 4.79 Å². The van der Waals surface area contributed by atoms with Crippen molar-refractivity contribution in [3.8, 4) is 11.8 Å². The number of methoxy groups -OCH3 is 2. The van der Waals surface area contributed by atoms with Crippen molar-refractivity contribution in [3.63, 3.8) is 0 Å². The second-order valence-corrected chi connectivity index (χ2v) is 7.88. The lowest BCUT2D eigenvalue weighted by Gasteiger charge is -2.34. The Bertz CT molecular complexity index is 1020. The molecule has 3 aromatic rings. The van der Waals surface area contributed by atoms with Crippen LogP contribution in [0.1, 0.15) is 16.1 Å². The van der Waals surface area contributed by atoms with Gasteiger partial charge in [-0.3, -0.25) is 9.69 Å². The number of carbonyl (C=O) groups is 1. The van der Waals surface area contributed by atoms with Crippen LogP contribution in [-0.4, -0.2) is 66.2 Å². The van der Waals surface area contributed by atoms with E-state index in [0.717, 1.165) is 43.6 Å². The van der Waals surface area contributed by atoms with Crippen molar-refractivity contribution in [1.29, 1.82) is 0 Å².